The quantitative estimate of drug-likeness (QED) is 0.941. The summed E-state index contributed by atoms with van der Waals surface area (Å²) in [5.74, 6) is 1.01. The standard InChI is InChI=1S/C15H15N3OS/c19-15(13-10-16-5-6-17-13)18-9-11-3-4-14-12(8-11)2-1-7-20-14/h3-6,8,10H,1-2,7,9H2,(H,18,19). The largest absolute Gasteiger partial charge is 0.347 e. The highest BCUT2D eigenvalue weighted by atomic mass is 32.2. The summed E-state index contributed by atoms with van der Waals surface area (Å²) >= 11 is 1.91. The second-order valence-corrected chi connectivity index (χ2v) is 5.80. The molecule has 2 heterocycles. The molecule has 0 saturated carbocycles. The highest BCUT2D eigenvalue weighted by Gasteiger charge is 2.11. The van der Waals surface area contributed by atoms with Crippen molar-refractivity contribution < 1.29 is 4.79 Å². The SMILES string of the molecule is O=C(NCc1ccc2c(c1)CCCS2)c1cnccn1. The summed E-state index contributed by atoms with van der Waals surface area (Å²) in [6.45, 7) is 0.521. The molecule has 0 fully saturated rings. The Bertz CT molecular complexity index is 616. The van der Waals surface area contributed by atoms with Crippen molar-refractivity contribution in [3.8, 4) is 0 Å². The van der Waals surface area contributed by atoms with Crippen LogP contribution in [-0.4, -0.2) is 21.6 Å². The van der Waals surface area contributed by atoms with Crippen LogP contribution in [0.3, 0.4) is 0 Å². The Morgan fingerprint density at radius 2 is 2.30 bits per heavy atom. The van der Waals surface area contributed by atoms with Crippen LogP contribution in [0, 0.1) is 0 Å². The van der Waals surface area contributed by atoms with E-state index in [0.29, 0.717) is 12.2 Å². The number of amides is 1. The highest BCUT2D eigenvalue weighted by Crippen LogP contribution is 2.30. The predicted molar refractivity (Wildman–Crippen MR) is 78.7 cm³/mol. The maximum Gasteiger partial charge on any atom is 0.271 e. The number of hydrogen-bond donors (Lipinski definition) is 1. The smallest absolute Gasteiger partial charge is 0.271 e. The molecular weight excluding hydrogens is 270 g/mol. The first kappa shape index (κ1) is 13.1. The molecule has 2 aromatic rings. The molecule has 102 valence electrons. The van der Waals surface area contributed by atoms with E-state index in [1.165, 1.54) is 35.0 Å². The van der Waals surface area contributed by atoms with Crippen molar-refractivity contribution in [3.63, 3.8) is 0 Å². The van der Waals surface area contributed by atoms with Crippen LogP contribution in [-0.2, 0) is 13.0 Å². The molecule has 3 rings (SSSR count). The van der Waals surface area contributed by atoms with Crippen molar-refractivity contribution in [2.45, 2.75) is 24.3 Å². The summed E-state index contributed by atoms with van der Waals surface area (Å²) in [6, 6.07) is 6.43. The summed E-state index contributed by atoms with van der Waals surface area (Å²) in [5.41, 5.74) is 2.87. The lowest BCUT2D eigenvalue weighted by Gasteiger charge is -2.16. The molecule has 1 aliphatic heterocycles. The molecule has 1 N–H and O–H groups in total. The van der Waals surface area contributed by atoms with E-state index in [-0.39, 0.29) is 5.91 Å². The molecule has 1 aromatic carbocycles. The first-order chi connectivity index (χ1) is 9.83. The Morgan fingerprint density at radius 1 is 1.35 bits per heavy atom. The molecule has 0 atom stereocenters. The molecule has 0 bridgehead atoms. The number of rotatable bonds is 3. The van der Waals surface area contributed by atoms with Crippen LogP contribution in [0.4, 0.5) is 0 Å². The molecule has 0 radical (unpaired) electrons. The van der Waals surface area contributed by atoms with Gasteiger partial charge in [-0.25, -0.2) is 4.98 Å². The minimum absolute atomic E-state index is 0.190. The molecule has 0 saturated heterocycles. The van der Waals surface area contributed by atoms with E-state index in [1.54, 1.807) is 6.20 Å². The Balaban J connectivity index is 1.65. The number of carbonyl (C=O) groups excluding carboxylic acids is 1. The first-order valence-electron chi connectivity index (χ1n) is 6.62. The maximum absolute atomic E-state index is 11.9. The van der Waals surface area contributed by atoms with Crippen molar-refractivity contribution in [1.29, 1.82) is 0 Å². The van der Waals surface area contributed by atoms with E-state index >= 15 is 0 Å². The first-order valence-corrected chi connectivity index (χ1v) is 7.60. The van der Waals surface area contributed by atoms with E-state index in [1.807, 2.05) is 11.8 Å². The van der Waals surface area contributed by atoms with Crippen LogP contribution in [0.1, 0.15) is 28.0 Å². The van der Waals surface area contributed by atoms with Gasteiger partial charge in [0.2, 0.25) is 0 Å². The van der Waals surface area contributed by atoms with Crippen LogP contribution >= 0.6 is 11.8 Å². The molecule has 20 heavy (non-hydrogen) atoms. The van der Waals surface area contributed by atoms with Crippen molar-refractivity contribution in [2.75, 3.05) is 5.75 Å². The number of fused-ring (bicyclic) bond motifs is 1. The zero-order chi connectivity index (χ0) is 13.8. The number of nitrogens with one attached hydrogen (secondary N) is 1. The van der Waals surface area contributed by atoms with Gasteiger partial charge in [0.15, 0.2) is 0 Å². The van der Waals surface area contributed by atoms with Crippen LogP contribution in [0.25, 0.3) is 0 Å². The third-order valence-electron chi connectivity index (χ3n) is 3.22. The highest BCUT2D eigenvalue weighted by molar-refractivity contribution is 7.99. The van der Waals surface area contributed by atoms with Gasteiger partial charge in [-0.2, -0.15) is 0 Å². The van der Waals surface area contributed by atoms with E-state index < -0.39 is 0 Å². The Morgan fingerprint density at radius 3 is 3.15 bits per heavy atom. The van der Waals surface area contributed by atoms with Gasteiger partial charge in [-0.3, -0.25) is 9.78 Å². The van der Waals surface area contributed by atoms with Gasteiger partial charge < -0.3 is 5.32 Å². The fourth-order valence-electron chi connectivity index (χ4n) is 2.21. The Hall–Kier alpha value is -1.88. The van der Waals surface area contributed by atoms with Crippen molar-refractivity contribution in [3.05, 3.63) is 53.6 Å². The summed E-state index contributed by atoms with van der Waals surface area (Å²) in [5, 5.41) is 2.87. The molecule has 1 amide bonds. The second kappa shape index (κ2) is 6.05. The average molecular weight is 285 g/mol. The number of aryl methyl sites for hydroxylation is 1. The van der Waals surface area contributed by atoms with Gasteiger partial charge in [-0.05, 0) is 35.8 Å². The lowest BCUT2D eigenvalue weighted by molar-refractivity contribution is 0.0945. The summed E-state index contributed by atoms with van der Waals surface area (Å²) in [4.78, 5) is 21.1. The number of hydrogen-bond acceptors (Lipinski definition) is 4. The topological polar surface area (TPSA) is 54.9 Å². The molecular formula is C15H15N3OS. The van der Waals surface area contributed by atoms with Gasteiger partial charge in [0.1, 0.15) is 5.69 Å². The third kappa shape index (κ3) is 2.99. The van der Waals surface area contributed by atoms with Gasteiger partial charge in [0, 0.05) is 23.8 Å². The molecule has 4 nitrogen and oxygen atoms in total. The zero-order valence-corrected chi connectivity index (χ0v) is 11.8. The van der Waals surface area contributed by atoms with Crippen molar-refractivity contribution in [1.82, 2.24) is 15.3 Å². The summed E-state index contributed by atoms with van der Waals surface area (Å²) < 4.78 is 0. The predicted octanol–water partition coefficient (Wildman–Crippen LogP) is 2.44. The molecule has 0 spiro atoms. The molecule has 5 heteroatoms. The number of nitrogens with zero attached hydrogens (tertiary/aromatic N) is 2. The van der Waals surface area contributed by atoms with Crippen molar-refractivity contribution >= 4 is 17.7 Å². The van der Waals surface area contributed by atoms with Gasteiger partial charge in [0.25, 0.3) is 5.91 Å². The lowest BCUT2D eigenvalue weighted by Crippen LogP contribution is -2.24. The average Bonchev–Trinajstić information content (AvgIpc) is 2.53. The van der Waals surface area contributed by atoms with Crippen LogP contribution < -0.4 is 5.32 Å². The van der Waals surface area contributed by atoms with E-state index in [0.717, 1.165) is 12.0 Å². The van der Waals surface area contributed by atoms with E-state index in [9.17, 15) is 4.79 Å². The third-order valence-corrected chi connectivity index (χ3v) is 4.42. The minimum Gasteiger partial charge on any atom is -0.347 e. The number of benzene rings is 1. The second-order valence-electron chi connectivity index (χ2n) is 4.67. The normalized spacial score (nSPS) is 13.6. The number of thioether (sulfide) groups is 1. The van der Waals surface area contributed by atoms with Gasteiger partial charge in [-0.15, -0.1) is 11.8 Å². The van der Waals surface area contributed by atoms with Gasteiger partial charge >= 0.3 is 0 Å². The minimum atomic E-state index is -0.190. The molecule has 1 aliphatic rings. The Labute approximate surface area is 122 Å². The van der Waals surface area contributed by atoms with Gasteiger partial charge in [-0.1, -0.05) is 12.1 Å². The summed E-state index contributed by atoms with van der Waals surface area (Å²) in [6.07, 6.45) is 6.91. The number of carbonyl (C=O) groups is 1. The van der Waals surface area contributed by atoms with Crippen LogP contribution in [0.15, 0.2) is 41.7 Å². The monoisotopic (exact) mass is 285 g/mol. The lowest BCUT2D eigenvalue weighted by atomic mass is 10.1. The van der Waals surface area contributed by atoms with Crippen LogP contribution in [0.5, 0.6) is 0 Å². The van der Waals surface area contributed by atoms with Crippen molar-refractivity contribution in [2.24, 2.45) is 0 Å². The number of aromatic nitrogens is 2. The fraction of sp³-hybridized carbons (Fsp3) is 0.267. The van der Waals surface area contributed by atoms with Gasteiger partial charge in [0.05, 0.1) is 6.20 Å². The summed E-state index contributed by atoms with van der Waals surface area (Å²) in [7, 11) is 0. The molecule has 1 aromatic heterocycles. The fourth-order valence-corrected chi connectivity index (χ4v) is 3.23. The molecule has 0 aliphatic carbocycles. The van der Waals surface area contributed by atoms with E-state index in [4.69, 9.17) is 0 Å². The maximum atomic E-state index is 11.9. The Kier molecular flexibility index (Phi) is 3.97. The van der Waals surface area contributed by atoms with Crippen LogP contribution in [0.2, 0.25) is 0 Å². The van der Waals surface area contributed by atoms with E-state index in [2.05, 4.69) is 33.5 Å². The zero-order valence-electron chi connectivity index (χ0n) is 11.0. The molecule has 0 unspecified atom stereocenters.